The van der Waals surface area contributed by atoms with Gasteiger partial charge in [-0.2, -0.15) is 13.2 Å². The highest BCUT2D eigenvalue weighted by molar-refractivity contribution is 5.99. The Hall–Kier alpha value is -3.46. The highest BCUT2D eigenvalue weighted by Crippen LogP contribution is 2.23. The zero-order chi connectivity index (χ0) is 23.1. The summed E-state index contributed by atoms with van der Waals surface area (Å²) in [5.41, 5.74) is 2.92. The second kappa shape index (κ2) is 10.2. The number of rotatable bonds is 4. The molecule has 0 aliphatic carbocycles. The molecule has 1 aliphatic heterocycles. The quantitative estimate of drug-likeness (QED) is 0.579. The molecular formula is C23H22F3N3O3. The van der Waals surface area contributed by atoms with Crippen LogP contribution in [0.2, 0.25) is 0 Å². The van der Waals surface area contributed by atoms with Gasteiger partial charge < -0.3 is 10.4 Å². The number of carboxylic acid groups (broad SMARTS) is 1. The maximum Gasteiger partial charge on any atom is 0.490 e. The molecule has 0 atom stereocenters. The number of carbonyl (C=O) groups excluding carboxylic acids is 1. The summed E-state index contributed by atoms with van der Waals surface area (Å²) in [5.74, 6) is -2.01. The summed E-state index contributed by atoms with van der Waals surface area (Å²) >= 11 is 0. The van der Waals surface area contributed by atoms with E-state index in [1.807, 2.05) is 71.4 Å². The largest absolute Gasteiger partial charge is 0.490 e. The maximum absolute atomic E-state index is 13.1. The number of hydrogen-bond acceptors (Lipinski definition) is 4. The Morgan fingerprint density at radius 3 is 2.25 bits per heavy atom. The molecule has 4 rings (SSSR count). The third kappa shape index (κ3) is 5.82. The Labute approximate surface area is 182 Å². The first-order valence-corrected chi connectivity index (χ1v) is 10.0. The molecule has 1 aliphatic rings. The van der Waals surface area contributed by atoms with E-state index in [1.54, 1.807) is 0 Å². The normalized spacial score (nSPS) is 14.8. The molecule has 2 N–H and O–H groups in total. The van der Waals surface area contributed by atoms with E-state index < -0.39 is 12.1 Å². The van der Waals surface area contributed by atoms with Gasteiger partial charge in [0.1, 0.15) is 0 Å². The number of ketones is 1. The Morgan fingerprint density at radius 1 is 1.03 bits per heavy atom. The topological polar surface area (TPSA) is 84.2 Å². The van der Waals surface area contributed by atoms with Gasteiger partial charge in [0, 0.05) is 12.1 Å². The lowest BCUT2D eigenvalue weighted by atomic mass is 9.93. The molecule has 3 aromatic rings. The number of carbonyl (C=O) groups is 2. The van der Waals surface area contributed by atoms with Crippen LogP contribution >= 0.6 is 0 Å². The number of halogens is 3. The molecule has 2 aromatic carbocycles. The van der Waals surface area contributed by atoms with Crippen LogP contribution in [-0.4, -0.2) is 45.7 Å². The smallest absolute Gasteiger partial charge is 0.475 e. The summed E-state index contributed by atoms with van der Waals surface area (Å²) in [7, 11) is 0. The van der Waals surface area contributed by atoms with E-state index in [4.69, 9.17) is 9.90 Å². The van der Waals surface area contributed by atoms with Crippen LogP contribution in [0.15, 0.2) is 54.6 Å². The van der Waals surface area contributed by atoms with Crippen molar-refractivity contribution >= 4 is 35.1 Å². The minimum atomic E-state index is -5.08. The van der Waals surface area contributed by atoms with Gasteiger partial charge in [-0.05, 0) is 49.7 Å². The summed E-state index contributed by atoms with van der Waals surface area (Å²) in [6.07, 6.45) is 0.654. The number of Topliss-reactive ketones (excluding diaryl/α,β-unsaturated/α-hetero) is 1. The van der Waals surface area contributed by atoms with Crippen molar-refractivity contribution in [1.29, 1.82) is 0 Å². The fourth-order valence-electron chi connectivity index (χ4n) is 3.36. The SMILES string of the molecule is O=C(O)C(F)(F)F.O=C(c1nc2ccccc2n1C=Cc1ccccc1)C1CCNCC1. The van der Waals surface area contributed by atoms with E-state index in [2.05, 4.69) is 10.3 Å². The first-order chi connectivity index (χ1) is 15.3. The second-order valence-electron chi connectivity index (χ2n) is 7.21. The van der Waals surface area contributed by atoms with Gasteiger partial charge in [0.2, 0.25) is 5.78 Å². The van der Waals surface area contributed by atoms with Gasteiger partial charge in [0.25, 0.3) is 0 Å². The van der Waals surface area contributed by atoms with Crippen molar-refractivity contribution in [2.24, 2.45) is 5.92 Å². The van der Waals surface area contributed by atoms with E-state index in [-0.39, 0.29) is 11.7 Å². The number of carboxylic acids is 1. The highest BCUT2D eigenvalue weighted by Gasteiger charge is 2.38. The molecule has 0 amide bonds. The standard InChI is InChI=1S/C21H21N3O.C2HF3O2/c25-20(17-10-13-22-14-11-17)21-23-18-8-4-5-9-19(18)24(21)15-12-16-6-2-1-3-7-16;3-2(4,5)1(6)7/h1-9,12,15,17,22H,10-11,13-14H2;(H,6,7). The van der Waals surface area contributed by atoms with Gasteiger partial charge in [-0.3, -0.25) is 9.36 Å². The Balaban J connectivity index is 0.000000360. The summed E-state index contributed by atoms with van der Waals surface area (Å²) in [5, 5.41) is 10.4. The molecular weight excluding hydrogens is 423 g/mol. The molecule has 9 heteroatoms. The Bertz CT molecular complexity index is 1100. The second-order valence-corrected chi connectivity index (χ2v) is 7.21. The molecule has 2 heterocycles. The summed E-state index contributed by atoms with van der Waals surface area (Å²) < 4.78 is 33.7. The number of benzene rings is 2. The summed E-state index contributed by atoms with van der Waals surface area (Å²) in [4.78, 5) is 26.6. The molecule has 0 saturated carbocycles. The van der Waals surface area contributed by atoms with Crippen LogP contribution < -0.4 is 5.32 Å². The fourth-order valence-corrected chi connectivity index (χ4v) is 3.36. The van der Waals surface area contributed by atoms with Gasteiger partial charge >= 0.3 is 12.1 Å². The summed E-state index contributed by atoms with van der Waals surface area (Å²) in [6.45, 7) is 1.80. The van der Waals surface area contributed by atoms with Gasteiger partial charge in [-0.25, -0.2) is 9.78 Å². The van der Waals surface area contributed by atoms with Crippen LogP contribution in [0.4, 0.5) is 13.2 Å². The number of nitrogens with zero attached hydrogens (tertiary/aromatic N) is 2. The predicted octanol–water partition coefficient (Wildman–Crippen LogP) is 4.48. The molecule has 1 aromatic heterocycles. The van der Waals surface area contributed by atoms with Crippen LogP contribution in [0.1, 0.15) is 29.0 Å². The van der Waals surface area contributed by atoms with Crippen LogP contribution in [0, 0.1) is 5.92 Å². The van der Waals surface area contributed by atoms with Crippen molar-refractivity contribution in [3.05, 3.63) is 66.0 Å². The van der Waals surface area contributed by atoms with E-state index in [1.165, 1.54) is 0 Å². The number of piperidine rings is 1. The zero-order valence-corrected chi connectivity index (χ0v) is 17.0. The molecule has 1 saturated heterocycles. The lowest BCUT2D eigenvalue weighted by molar-refractivity contribution is -0.192. The van der Waals surface area contributed by atoms with E-state index >= 15 is 0 Å². The van der Waals surface area contributed by atoms with Crippen molar-refractivity contribution in [1.82, 2.24) is 14.9 Å². The van der Waals surface area contributed by atoms with Crippen LogP contribution in [0.3, 0.4) is 0 Å². The van der Waals surface area contributed by atoms with Gasteiger partial charge in [-0.15, -0.1) is 0 Å². The van der Waals surface area contributed by atoms with E-state index in [9.17, 15) is 18.0 Å². The number of alkyl halides is 3. The van der Waals surface area contributed by atoms with E-state index in [0.717, 1.165) is 42.5 Å². The van der Waals surface area contributed by atoms with E-state index in [0.29, 0.717) is 5.82 Å². The fraction of sp³-hybridized carbons (Fsp3) is 0.261. The van der Waals surface area contributed by atoms with Crippen molar-refractivity contribution in [2.45, 2.75) is 19.0 Å². The van der Waals surface area contributed by atoms with Crippen molar-refractivity contribution in [2.75, 3.05) is 13.1 Å². The minimum absolute atomic E-state index is 0.0573. The summed E-state index contributed by atoms with van der Waals surface area (Å²) in [6, 6.07) is 18.0. The molecule has 0 spiro atoms. The molecule has 168 valence electrons. The number of para-hydroxylation sites is 2. The number of hydrogen-bond donors (Lipinski definition) is 2. The number of imidazole rings is 1. The lowest BCUT2D eigenvalue weighted by Gasteiger charge is -2.21. The molecule has 0 bridgehead atoms. The predicted molar refractivity (Wildman–Crippen MR) is 115 cm³/mol. The van der Waals surface area contributed by atoms with Crippen LogP contribution in [0.5, 0.6) is 0 Å². The first kappa shape index (κ1) is 23.2. The first-order valence-electron chi connectivity index (χ1n) is 10.0. The third-order valence-corrected chi connectivity index (χ3v) is 4.98. The highest BCUT2D eigenvalue weighted by atomic mass is 19.4. The lowest BCUT2D eigenvalue weighted by Crippen LogP contribution is -2.32. The van der Waals surface area contributed by atoms with Gasteiger partial charge in [-0.1, -0.05) is 42.5 Å². The average molecular weight is 445 g/mol. The minimum Gasteiger partial charge on any atom is -0.475 e. The van der Waals surface area contributed by atoms with Crippen molar-refractivity contribution < 1.29 is 27.9 Å². The maximum atomic E-state index is 13.1. The van der Waals surface area contributed by atoms with Gasteiger partial charge in [0.05, 0.1) is 11.0 Å². The molecule has 32 heavy (non-hydrogen) atoms. The average Bonchev–Trinajstić information content (AvgIpc) is 3.17. The number of fused-ring (bicyclic) bond motifs is 1. The molecule has 1 fully saturated rings. The third-order valence-electron chi connectivity index (χ3n) is 4.98. The Morgan fingerprint density at radius 2 is 1.62 bits per heavy atom. The molecule has 6 nitrogen and oxygen atoms in total. The number of nitrogens with one attached hydrogen (secondary N) is 1. The number of aromatic nitrogens is 2. The molecule has 0 radical (unpaired) electrons. The van der Waals surface area contributed by atoms with Gasteiger partial charge in [0.15, 0.2) is 5.82 Å². The number of aliphatic carboxylic acids is 1. The van der Waals surface area contributed by atoms with Crippen molar-refractivity contribution in [3.63, 3.8) is 0 Å². The monoisotopic (exact) mass is 445 g/mol. The van der Waals surface area contributed by atoms with Crippen LogP contribution in [0.25, 0.3) is 23.3 Å². The Kier molecular flexibility index (Phi) is 7.42. The van der Waals surface area contributed by atoms with Crippen molar-refractivity contribution in [3.8, 4) is 0 Å². The molecule has 0 unspecified atom stereocenters. The zero-order valence-electron chi connectivity index (χ0n) is 17.0. The van der Waals surface area contributed by atoms with Crippen LogP contribution in [-0.2, 0) is 4.79 Å².